The number of nitrogens with zero attached hydrogens (tertiary/aromatic N) is 1. The van der Waals surface area contributed by atoms with E-state index >= 15 is 0 Å². The summed E-state index contributed by atoms with van der Waals surface area (Å²) in [6.45, 7) is 3.74. The monoisotopic (exact) mass is 399 g/mol. The number of thiazole rings is 1. The Bertz CT molecular complexity index is 994. The molecule has 2 aromatic carbocycles. The molecule has 3 rings (SSSR count). The van der Waals surface area contributed by atoms with Crippen molar-refractivity contribution in [1.82, 2.24) is 10.3 Å². The van der Waals surface area contributed by atoms with Gasteiger partial charge < -0.3 is 10.6 Å². The summed E-state index contributed by atoms with van der Waals surface area (Å²) in [5.74, 6) is -0.637. The first-order valence-corrected chi connectivity index (χ1v) is 9.57. The molecule has 2 N–H and O–H groups in total. The van der Waals surface area contributed by atoms with E-state index < -0.39 is 0 Å². The molecule has 138 valence electrons. The molecule has 0 saturated carbocycles. The summed E-state index contributed by atoms with van der Waals surface area (Å²) in [6, 6.07) is 12.5. The summed E-state index contributed by atoms with van der Waals surface area (Å²) in [5.41, 5.74) is 1.61. The van der Waals surface area contributed by atoms with Crippen LogP contribution in [0.3, 0.4) is 0 Å². The lowest BCUT2D eigenvalue weighted by Crippen LogP contribution is -2.31. The van der Waals surface area contributed by atoms with Crippen LogP contribution in [0, 0.1) is 0 Å². The second kappa shape index (κ2) is 8.33. The first kappa shape index (κ1) is 19.1. The molecule has 1 aromatic heterocycles. The first-order valence-electron chi connectivity index (χ1n) is 8.37. The normalized spacial score (nSPS) is 11.3. The third-order valence-electron chi connectivity index (χ3n) is 3.59. The van der Waals surface area contributed by atoms with Crippen LogP contribution in [-0.4, -0.2) is 22.8 Å². The van der Waals surface area contributed by atoms with Gasteiger partial charge in [-0.15, -0.1) is 11.3 Å². The molecule has 0 atom stereocenters. The SMILES string of the molecule is CC(C)NC(=O)c1ccc(Cl)cc1NC(=O)C=Cc1nc2ccccc2s1. The Balaban J connectivity index is 1.77. The Labute approximate surface area is 166 Å². The van der Waals surface area contributed by atoms with Crippen LogP contribution in [0.4, 0.5) is 5.69 Å². The van der Waals surface area contributed by atoms with Crippen molar-refractivity contribution < 1.29 is 9.59 Å². The van der Waals surface area contributed by atoms with E-state index in [1.807, 2.05) is 38.1 Å². The number of anilines is 1. The molecule has 3 aromatic rings. The van der Waals surface area contributed by atoms with E-state index in [0.717, 1.165) is 15.2 Å². The van der Waals surface area contributed by atoms with E-state index in [4.69, 9.17) is 11.6 Å². The quantitative estimate of drug-likeness (QED) is 0.608. The first-order chi connectivity index (χ1) is 12.9. The third-order valence-corrected chi connectivity index (χ3v) is 4.83. The molecule has 2 amide bonds. The van der Waals surface area contributed by atoms with Gasteiger partial charge >= 0.3 is 0 Å². The van der Waals surface area contributed by atoms with Crippen molar-refractivity contribution in [3.05, 3.63) is 64.1 Å². The summed E-state index contributed by atoms with van der Waals surface area (Å²) in [5, 5.41) is 6.68. The summed E-state index contributed by atoms with van der Waals surface area (Å²) in [7, 11) is 0. The minimum absolute atomic E-state index is 0.0179. The second-order valence-electron chi connectivity index (χ2n) is 6.16. The molecule has 0 spiro atoms. The highest BCUT2D eigenvalue weighted by Gasteiger charge is 2.14. The van der Waals surface area contributed by atoms with Crippen LogP contribution in [0.2, 0.25) is 5.02 Å². The van der Waals surface area contributed by atoms with Gasteiger partial charge in [-0.3, -0.25) is 9.59 Å². The van der Waals surface area contributed by atoms with Gasteiger partial charge in [0.1, 0.15) is 5.01 Å². The fraction of sp³-hybridized carbons (Fsp3) is 0.150. The molecule has 7 heteroatoms. The number of hydrogen-bond donors (Lipinski definition) is 2. The lowest BCUT2D eigenvalue weighted by molar-refractivity contribution is -0.111. The molecule has 0 fully saturated rings. The summed E-state index contributed by atoms with van der Waals surface area (Å²) in [6.07, 6.45) is 3.04. The zero-order chi connectivity index (χ0) is 19.4. The Hall–Kier alpha value is -2.70. The largest absolute Gasteiger partial charge is 0.350 e. The number of benzene rings is 2. The smallest absolute Gasteiger partial charge is 0.253 e. The summed E-state index contributed by atoms with van der Waals surface area (Å²) in [4.78, 5) is 29.1. The summed E-state index contributed by atoms with van der Waals surface area (Å²) >= 11 is 7.52. The Morgan fingerprint density at radius 2 is 1.96 bits per heavy atom. The Kier molecular flexibility index (Phi) is 5.88. The number of halogens is 1. The van der Waals surface area contributed by atoms with Crippen molar-refractivity contribution >= 4 is 56.7 Å². The summed E-state index contributed by atoms with van der Waals surface area (Å²) < 4.78 is 1.06. The van der Waals surface area contributed by atoms with Crippen LogP contribution in [0.25, 0.3) is 16.3 Å². The van der Waals surface area contributed by atoms with E-state index in [1.165, 1.54) is 17.4 Å². The highest BCUT2D eigenvalue weighted by Crippen LogP contribution is 2.23. The van der Waals surface area contributed by atoms with Crippen molar-refractivity contribution in [2.24, 2.45) is 0 Å². The molecule has 27 heavy (non-hydrogen) atoms. The van der Waals surface area contributed by atoms with Crippen molar-refractivity contribution in [1.29, 1.82) is 0 Å². The minimum atomic E-state index is -0.366. The third kappa shape index (κ3) is 4.93. The maximum absolute atomic E-state index is 12.3. The number of fused-ring (bicyclic) bond motifs is 1. The van der Waals surface area contributed by atoms with Gasteiger partial charge in [0, 0.05) is 17.1 Å². The predicted molar refractivity (Wildman–Crippen MR) is 111 cm³/mol. The fourth-order valence-corrected chi connectivity index (χ4v) is 3.48. The van der Waals surface area contributed by atoms with E-state index in [0.29, 0.717) is 16.3 Å². The molecule has 5 nitrogen and oxygen atoms in total. The van der Waals surface area contributed by atoms with Crippen LogP contribution < -0.4 is 10.6 Å². The van der Waals surface area contributed by atoms with E-state index in [9.17, 15) is 9.59 Å². The van der Waals surface area contributed by atoms with Gasteiger partial charge in [0.05, 0.1) is 21.5 Å². The van der Waals surface area contributed by atoms with Crippen LogP contribution >= 0.6 is 22.9 Å². The van der Waals surface area contributed by atoms with Crippen LogP contribution in [-0.2, 0) is 4.79 Å². The van der Waals surface area contributed by atoms with Crippen LogP contribution in [0.1, 0.15) is 29.2 Å². The predicted octanol–water partition coefficient (Wildman–Crippen LogP) is 4.74. The Morgan fingerprint density at radius 3 is 2.70 bits per heavy atom. The van der Waals surface area contributed by atoms with Crippen molar-refractivity contribution in [2.75, 3.05) is 5.32 Å². The van der Waals surface area contributed by atoms with Gasteiger partial charge in [0.25, 0.3) is 5.91 Å². The molecule has 0 bridgehead atoms. The maximum atomic E-state index is 12.3. The van der Waals surface area contributed by atoms with Crippen molar-refractivity contribution in [3.8, 4) is 0 Å². The Morgan fingerprint density at radius 1 is 1.19 bits per heavy atom. The molecular formula is C20H18ClN3O2S. The van der Waals surface area contributed by atoms with Gasteiger partial charge in [0.15, 0.2) is 0 Å². The number of carbonyl (C=O) groups is 2. The van der Waals surface area contributed by atoms with Crippen LogP contribution in [0.5, 0.6) is 0 Å². The van der Waals surface area contributed by atoms with Gasteiger partial charge in [-0.2, -0.15) is 0 Å². The molecule has 0 aliphatic carbocycles. The number of nitrogens with one attached hydrogen (secondary N) is 2. The topological polar surface area (TPSA) is 71.1 Å². The van der Waals surface area contributed by atoms with Gasteiger partial charge in [-0.25, -0.2) is 4.98 Å². The molecule has 0 aliphatic heterocycles. The number of hydrogen-bond acceptors (Lipinski definition) is 4. The molecule has 1 heterocycles. The number of amides is 2. The lowest BCUT2D eigenvalue weighted by Gasteiger charge is -2.13. The minimum Gasteiger partial charge on any atom is -0.350 e. The molecule has 0 unspecified atom stereocenters. The number of aromatic nitrogens is 1. The average Bonchev–Trinajstić information content (AvgIpc) is 3.02. The van der Waals surface area contributed by atoms with E-state index in [-0.39, 0.29) is 17.9 Å². The van der Waals surface area contributed by atoms with Crippen LogP contribution in [0.15, 0.2) is 48.5 Å². The lowest BCUT2D eigenvalue weighted by atomic mass is 10.1. The standard InChI is InChI=1S/C20H18ClN3O2S/c1-12(2)22-20(26)14-8-7-13(21)11-16(14)23-18(25)9-10-19-24-15-5-3-4-6-17(15)27-19/h3-12H,1-2H3,(H,22,26)(H,23,25). The number of carbonyl (C=O) groups excluding carboxylic acids is 2. The molecular weight excluding hydrogens is 382 g/mol. The van der Waals surface area contributed by atoms with E-state index in [2.05, 4.69) is 15.6 Å². The van der Waals surface area contributed by atoms with Crippen molar-refractivity contribution in [2.45, 2.75) is 19.9 Å². The van der Waals surface area contributed by atoms with Gasteiger partial charge in [0.2, 0.25) is 5.91 Å². The van der Waals surface area contributed by atoms with E-state index in [1.54, 1.807) is 24.3 Å². The number of rotatable bonds is 5. The van der Waals surface area contributed by atoms with Crippen molar-refractivity contribution in [3.63, 3.8) is 0 Å². The van der Waals surface area contributed by atoms with Gasteiger partial charge in [-0.1, -0.05) is 23.7 Å². The number of para-hydroxylation sites is 1. The molecule has 0 aliphatic rings. The zero-order valence-corrected chi connectivity index (χ0v) is 16.4. The van der Waals surface area contributed by atoms with Gasteiger partial charge in [-0.05, 0) is 50.3 Å². The highest BCUT2D eigenvalue weighted by atomic mass is 35.5. The average molecular weight is 400 g/mol. The second-order valence-corrected chi connectivity index (χ2v) is 7.66. The fourth-order valence-electron chi connectivity index (χ4n) is 2.44. The zero-order valence-electron chi connectivity index (χ0n) is 14.8. The molecule has 0 saturated heterocycles. The molecule has 0 radical (unpaired) electrons. The maximum Gasteiger partial charge on any atom is 0.253 e. The highest BCUT2D eigenvalue weighted by molar-refractivity contribution is 7.19.